The lowest BCUT2D eigenvalue weighted by Crippen LogP contribution is -2.39. The minimum atomic E-state index is -0.347. The Labute approximate surface area is 85.9 Å². The molecule has 0 radical (unpaired) electrons. The Kier molecular flexibility index (Phi) is 2.82. The number of nitrogens with two attached hydrogens (primary N) is 1. The number of anilines is 1. The zero-order valence-corrected chi connectivity index (χ0v) is 8.10. The lowest BCUT2D eigenvalue weighted by Gasteiger charge is -2.22. The summed E-state index contributed by atoms with van der Waals surface area (Å²) in [5.74, 6) is -0.333. The van der Waals surface area contributed by atoms with Crippen molar-refractivity contribution in [2.45, 2.75) is 18.9 Å². The highest BCUT2D eigenvalue weighted by atomic mass is 16.6. The lowest BCUT2D eigenvalue weighted by molar-refractivity contribution is 0.0692. The second-order valence-corrected chi connectivity index (χ2v) is 3.36. The van der Waals surface area contributed by atoms with Gasteiger partial charge in [0.25, 0.3) is 5.91 Å². The average molecular weight is 212 g/mol. The molecule has 3 N–H and O–H groups in total. The largest absolute Gasteiger partial charge is 0.381 e. The summed E-state index contributed by atoms with van der Waals surface area (Å²) < 4.78 is 9.52. The summed E-state index contributed by atoms with van der Waals surface area (Å²) in [6.07, 6.45) is 1.61. The van der Waals surface area contributed by atoms with Crippen LogP contribution >= 0.6 is 0 Å². The first kappa shape index (κ1) is 9.91. The zero-order valence-electron chi connectivity index (χ0n) is 8.10. The highest BCUT2D eigenvalue weighted by molar-refractivity contribution is 5.96. The first-order valence-electron chi connectivity index (χ1n) is 4.74. The fourth-order valence-electron chi connectivity index (χ4n) is 1.45. The van der Waals surface area contributed by atoms with Crippen LogP contribution in [0.3, 0.4) is 0 Å². The molecule has 1 aromatic heterocycles. The van der Waals surface area contributed by atoms with Crippen LogP contribution in [0.15, 0.2) is 4.63 Å². The maximum absolute atomic E-state index is 11.6. The fraction of sp³-hybridized carbons (Fsp3) is 0.625. The van der Waals surface area contributed by atoms with Crippen LogP contribution in [0.1, 0.15) is 23.3 Å². The van der Waals surface area contributed by atoms with Crippen LogP contribution in [0.5, 0.6) is 0 Å². The molecule has 1 aliphatic heterocycles. The van der Waals surface area contributed by atoms with Crippen LogP contribution in [0.2, 0.25) is 0 Å². The van der Waals surface area contributed by atoms with Crippen molar-refractivity contribution in [3.05, 3.63) is 5.69 Å². The average Bonchev–Trinajstić information content (AvgIpc) is 2.66. The summed E-state index contributed by atoms with van der Waals surface area (Å²) in [5.41, 5.74) is 5.44. The lowest BCUT2D eigenvalue weighted by atomic mass is 10.1. The molecular formula is C8H12N4O3. The number of carbonyl (C=O) groups excluding carboxylic acids is 1. The Bertz CT molecular complexity index is 345. The monoisotopic (exact) mass is 212 g/mol. The molecule has 0 unspecified atom stereocenters. The summed E-state index contributed by atoms with van der Waals surface area (Å²) in [6.45, 7) is 1.33. The zero-order chi connectivity index (χ0) is 10.7. The Morgan fingerprint density at radius 3 is 2.73 bits per heavy atom. The third kappa shape index (κ3) is 2.24. The van der Waals surface area contributed by atoms with E-state index in [1.807, 2.05) is 0 Å². The SMILES string of the molecule is Nc1nonc1C(=O)NC1CCOCC1. The third-order valence-corrected chi connectivity index (χ3v) is 2.29. The number of amides is 1. The molecule has 0 aliphatic carbocycles. The topological polar surface area (TPSA) is 103 Å². The first-order chi connectivity index (χ1) is 7.27. The number of hydrogen-bond donors (Lipinski definition) is 2. The summed E-state index contributed by atoms with van der Waals surface area (Å²) in [5, 5.41) is 9.56. The number of nitrogen functional groups attached to an aromatic ring is 1. The summed E-state index contributed by atoms with van der Waals surface area (Å²) in [6, 6.07) is 0.113. The van der Waals surface area contributed by atoms with Gasteiger partial charge in [0, 0.05) is 19.3 Å². The molecule has 0 saturated carbocycles. The van der Waals surface area contributed by atoms with Gasteiger partial charge < -0.3 is 15.8 Å². The molecule has 1 amide bonds. The second-order valence-electron chi connectivity index (χ2n) is 3.36. The van der Waals surface area contributed by atoms with Gasteiger partial charge in [0.15, 0.2) is 0 Å². The molecule has 1 fully saturated rings. The van der Waals surface area contributed by atoms with E-state index in [2.05, 4.69) is 20.3 Å². The maximum atomic E-state index is 11.6. The number of aromatic nitrogens is 2. The van der Waals surface area contributed by atoms with Gasteiger partial charge >= 0.3 is 0 Å². The summed E-state index contributed by atoms with van der Waals surface area (Å²) in [7, 11) is 0. The summed E-state index contributed by atoms with van der Waals surface area (Å²) >= 11 is 0. The van der Waals surface area contributed by atoms with Gasteiger partial charge in [-0.1, -0.05) is 0 Å². The van der Waals surface area contributed by atoms with E-state index < -0.39 is 0 Å². The van der Waals surface area contributed by atoms with Crippen molar-refractivity contribution < 1.29 is 14.2 Å². The van der Waals surface area contributed by atoms with Gasteiger partial charge in [-0.3, -0.25) is 4.79 Å². The number of hydrogen-bond acceptors (Lipinski definition) is 6. The van der Waals surface area contributed by atoms with E-state index >= 15 is 0 Å². The van der Waals surface area contributed by atoms with E-state index in [-0.39, 0.29) is 23.5 Å². The standard InChI is InChI=1S/C8H12N4O3/c9-7-6(11-15-12-7)8(13)10-5-1-3-14-4-2-5/h5H,1-4H2,(H2,9,12)(H,10,13). The van der Waals surface area contributed by atoms with Crippen molar-refractivity contribution in [3.8, 4) is 0 Å². The second kappa shape index (κ2) is 4.26. The molecule has 2 rings (SSSR count). The molecule has 0 aromatic carbocycles. The van der Waals surface area contributed by atoms with Gasteiger partial charge in [-0.15, -0.1) is 0 Å². The Hall–Kier alpha value is -1.63. The molecule has 7 nitrogen and oxygen atoms in total. The molecule has 1 aliphatic rings. The number of nitrogens with zero attached hydrogens (tertiary/aromatic N) is 2. The van der Waals surface area contributed by atoms with Gasteiger partial charge in [-0.05, 0) is 23.2 Å². The minimum absolute atomic E-state index is 0.0135. The number of rotatable bonds is 2. The van der Waals surface area contributed by atoms with Gasteiger partial charge in [0.05, 0.1) is 0 Å². The van der Waals surface area contributed by atoms with E-state index in [0.29, 0.717) is 13.2 Å². The van der Waals surface area contributed by atoms with Gasteiger partial charge in [0.1, 0.15) is 0 Å². The Morgan fingerprint density at radius 1 is 1.40 bits per heavy atom. The maximum Gasteiger partial charge on any atom is 0.277 e. The van der Waals surface area contributed by atoms with Crippen LogP contribution in [-0.2, 0) is 4.74 Å². The fourth-order valence-corrected chi connectivity index (χ4v) is 1.45. The van der Waals surface area contributed by atoms with Gasteiger partial charge in [0.2, 0.25) is 11.5 Å². The van der Waals surface area contributed by atoms with E-state index in [0.717, 1.165) is 12.8 Å². The van der Waals surface area contributed by atoms with Crippen molar-refractivity contribution in [2.24, 2.45) is 0 Å². The van der Waals surface area contributed by atoms with E-state index in [1.165, 1.54) is 0 Å². The van der Waals surface area contributed by atoms with E-state index in [9.17, 15) is 4.79 Å². The van der Waals surface area contributed by atoms with Gasteiger partial charge in [-0.25, -0.2) is 4.63 Å². The number of nitrogens with one attached hydrogen (secondary N) is 1. The smallest absolute Gasteiger partial charge is 0.277 e. The van der Waals surface area contributed by atoms with Crippen LogP contribution in [-0.4, -0.2) is 35.5 Å². The third-order valence-electron chi connectivity index (χ3n) is 2.29. The molecule has 15 heavy (non-hydrogen) atoms. The Balaban J connectivity index is 1.94. The van der Waals surface area contributed by atoms with Gasteiger partial charge in [-0.2, -0.15) is 0 Å². The number of ether oxygens (including phenoxy) is 1. The molecule has 0 spiro atoms. The highest BCUT2D eigenvalue weighted by Gasteiger charge is 2.21. The Morgan fingerprint density at radius 2 is 2.13 bits per heavy atom. The highest BCUT2D eigenvalue weighted by Crippen LogP contribution is 2.09. The first-order valence-corrected chi connectivity index (χ1v) is 4.74. The molecule has 1 aromatic rings. The molecule has 0 atom stereocenters. The quantitative estimate of drug-likeness (QED) is 0.688. The van der Waals surface area contributed by atoms with Crippen molar-refractivity contribution in [1.82, 2.24) is 15.6 Å². The van der Waals surface area contributed by atoms with Crippen molar-refractivity contribution in [3.63, 3.8) is 0 Å². The van der Waals surface area contributed by atoms with Crippen LogP contribution in [0.4, 0.5) is 5.82 Å². The predicted molar refractivity (Wildman–Crippen MR) is 50.0 cm³/mol. The molecular weight excluding hydrogens is 200 g/mol. The minimum Gasteiger partial charge on any atom is -0.381 e. The molecule has 2 heterocycles. The van der Waals surface area contributed by atoms with Crippen LogP contribution in [0.25, 0.3) is 0 Å². The number of carbonyl (C=O) groups is 1. The van der Waals surface area contributed by atoms with Crippen molar-refractivity contribution in [2.75, 3.05) is 18.9 Å². The predicted octanol–water partition coefficient (Wildman–Crippen LogP) is -0.439. The van der Waals surface area contributed by atoms with E-state index in [4.69, 9.17) is 10.5 Å². The van der Waals surface area contributed by atoms with E-state index in [1.54, 1.807) is 0 Å². The van der Waals surface area contributed by atoms with Crippen LogP contribution in [0, 0.1) is 0 Å². The normalized spacial score (nSPS) is 17.6. The van der Waals surface area contributed by atoms with Crippen molar-refractivity contribution in [1.29, 1.82) is 0 Å². The summed E-state index contributed by atoms with van der Waals surface area (Å²) in [4.78, 5) is 11.6. The molecule has 82 valence electrons. The molecule has 0 bridgehead atoms. The molecule has 7 heteroatoms. The van der Waals surface area contributed by atoms with Crippen LogP contribution < -0.4 is 11.1 Å². The van der Waals surface area contributed by atoms with Crippen molar-refractivity contribution >= 4 is 11.7 Å². The molecule has 1 saturated heterocycles.